The molecule has 1 fully saturated rings. The zero-order chi connectivity index (χ0) is 12.5. The summed E-state index contributed by atoms with van der Waals surface area (Å²) in [5.74, 6) is 0.995. The molecule has 0 aromatic heterocycles. The highest BCUT2D eigenvalue weighted by Gasteiger charge is 2.49. The second-order valence-electron chi connectivity index (χ2n) is 5.50. The molecule has 2 unspecified atom stereocenters. The van der Waals surface area contributed by atoms with E-state index in [2.05, 4.69) is 50.4 Å². The third-order valence-electron chi connectivity index (χ3n) is 4.14. The Morgan fingerprint density at radius 1 is 1.29 bits per heavy atom. The molecule has 0 saturated heterocycles. The van der Waals surface area contributed by atoms with Crippen LogP contribution in [0.5, 0.6) is 5.75 Å². The highest BCUT2D eigenvalue weighted by molar-refractivity contribution is 5.28. The molecule has 1 saturated carbocycles. The average molecular weight is 233 g/mol. The largest absolute Gasteiger partial charge is 0.490 e. The second-order valence-corrected chi connectivity index (χ2v) is 5.50. The van der Waals surface area contributed by atoms with Crippen LogP contribution in [0.2, 0.25) is 0 Å². The van der Waals surface area contributed by atoms with Crippen LogP contribution in [0.25, 0.3) is 0 Å². The van der Waals surface area contributed by atoms with Crippen molar-refractivity contribution in [1.82, 2.24) is 5.32 Å². The van der Waals surface area contributed by atoms with Crippen molar-refractivity contribution in [1.29, 1.82) is 0 Å². The van der Waals surface area contributed by atoms with Gasteiger partial charge in [-0.1, -0.05) is 32.9 Å². The number of benzene rings is 1. The van der Waals surface area contributed by atoms with Gasteiger partial charge in [0, 0.05) is 17.9 Å². The van der Waals surface area contributed by atoms with E-state index in [-0.39, 0.29) is 5.41 Å². The molecule has 94 valence electrons. The minimum absolute atomic E-state index is 0.220. The number of nitrogens with one attached hydrogen (secondary N) is 1. The first kappa shape index (κ1) is 12.4. The summed E-state index contributed by atoms with van der Waals surface area (Å²) in [6.45, 7) is 6.70. The fourth-order valence-electron chi connectivity index (χ4n) is 2.54. The molecule has 0 radical (unpaired) electrons. The molecule has 0 spiro atoms. The van der Waals surface area contributed by atoms with Crippen LogP contribution in [0.4, 0.5) is 0 Å². The molecule has 1 aromatic carbocycles. The molecule has 0 heterocycles. The van der Waals surface area contributed by atoms with E-state index < -0.39 is 0 Å². The Labute approximate surface area is 104 Å². The van der Waals surface area contributed by atoms with E-state index in [1.807, 2.05) is 7.05 Å². The van der Waals surface area contributed by atoms with Crippen LogP contribution in [0.15, 0.2) is 24.3 Å². The van der Waals surface area contributed by atoms with Crippen LogP contribution >= 0.6 is 0 Å². The standard InChI is InChI=1S/C15H23NO/c1-5-11-6-8-12(9-7-11)17-14-10-13(16-4)15(14,2)3/h6-9,13-14,16H,5,10H2,1-4H3. The predicted molar refractivity (Wildman–Crippen MR) is 71.5 cm³/mol. The third-order valence-corrected chi connectivity index (χ3v) is 4.14. The minimum Gasteiger partial charge on any atom is -0.490 e. The Bertz CT molecular complexity index is 369. The van der Waals surface area contributed by atoms with Gasteiger partial charge in [0.05, 0.1) is 0 Å². The highest BCUT2D eigenvalue weighted by atomic mass is 16.5. The van der Waals surface area contributed by atoms with Gasteiger partial charge in [-0.2, -0.15) is 0 Å². The number of rotatable bonds is 4. The fourth-order valence-corrected chi connectivity index (χ4v) is 2.54. The summed E-state index contributed by atoms with van der Waals surface area (Å²) in [7, 11) is 2.03. The van der Waals surface area contributed by atoms with Crippen molar-refractivity contribution < 1.29 is 4.74 Å². The van der Waals surface area contributed by atoms with E-state index in [9.17, 15) is 0 Å². The second kappa shape index (κ2) is 4.69. The SMILES string of the molecule is CCc1ccc(OC2CC(NC)C2(C)C)cc1. The van der Waals surface area contributed by atoms with Crippen molar-refractivity contribution >= 4 is 0 Å². The van der Waals surface area contributed by atoms with Crippen LogP contribution < -0.4 is 10.1 Å². The summed E-state index contributed by atoms with van der Waals surface area (Å²) in [5, 5.41) is 3.35. The van der Waals surface area contributed by atoms with Gasteiger partial charge in [0.2, 0.25) is 0 Å². The summed E-state index contributed by atoms with van der Waals surface area (Å²) in [6, 6.07) is 9.04. The van der Waals surface area contributed by atoms with Crippen LogP contribution in [0.3, 0.4) is 0 Å². The first-order valence-electron chi connectivity index (χ1n) is 6.50. The molecule has 2 heteroatoms. The lowest BCUT2D eigenvalue weighted by molar-refractivity contribution is -0.0520. The van der Waals surface area contributed by atoms with E-state index in [0.29, 0.717) is 12.1 Å². The first-order valence-corrected chi connectivity index (χ1v) is 6.50. The lowest BCUT2D eigenvalue weighted by Crippen LogP contribution is -2.61. The first-order chi connectivity index (χ1) is 8.07. The number of aryl methyl sites for hydroxylation is 1. The molecule has 2 nitrogen and oxygen atoms in total. The Morgan fingerprint density at radius 3 is 2.41 bits per heavy atom. The van der Waals surface area contributed by atoms with E-state index >= 15 is 0 Å². The Hall–Kier alpha value is -1.02. The molecule has 0 amide bonds. The Balaban J connectivity index is 1.98. The van der Waals surface area contributed by atoms with Crippen LogP contribution in [0.1, 0.15) is 32.8 Å². The van der Waals surface area contributed by atoms with Gasteiger partial charge in [0.25, 0.3) is 0 Å². The maximum atomic E-state index is 6.06. The minimum atomic E-state index is 0.220. The van der Waals surface area contributed by atoms with Gasteiger partial charge in [0.1, 0.15) is 11.9 Å². The maximum Gasteiger partial charge on any atom is 0.119 e. The average Bonchev–Trinajstić information content (AvgIpc) is 2.34. The molecule has 1 aliphatic carbocycles. The van der Waals surface area contributed by atoms with Gasteiger partial charge in [-0.15, -0.1) is 0 Å². The van der Waals surface area contributed by atoms with E-state index in [4.69, 9.17) is 4.74 Å². The van der Waals surface area contributed by atoms with E-state index in [1.165, 1.54) is 5.56 Å². The van der Waals surface area contributed by atoms with Crippen LogP contribution in [-0.2, 0) is 6.42 Å². The van der Waals surface area contributed by atoms with Gasteiger partial charge in [-0.3, -0.25) is 0 Å². The Morgan fingerprint density at radius 2 is 1.94 bits per heavy atom. The van der Waals surface area contributed by atoms with Crippen molar-refractivity contribution in [3.8, 4) is 5.75 Å². The molecule has 0 bridgehead atoms. The zero-order valence-electron chi connectivity index (χ0n) is 11.3. The molecular formula is C15H23NO. The number of hydrogen-bond acceptors (Lipinski definition) is 2. The maximum absolute atomic E-state index is 6.06. The fraction of sp³-hybridized carbons (Fsp3) is 0.600. The predicted octanol–water partition coefficient (Wildman–Crippen LogP) is 3.01. The zero-order valence-corrected chi connectivity index (χ0v) is 11.3. The summed E-state index contributed by atoms with van der Waals surface area (Å²) >= 11 is 0. The van der Waals surface area contributed by atoms with Crippen molar-refractivity contribution in [2.45, 2.75) is 45.8 Å². The molecule has 1 aromatic rings. The van der Waals surface area contributed by atoms with Crippen molar-refractivity contribution in [2.24, 2.45) is 5.41 Å². The molecule has 0 aliphatic heterocycles. The lowest BCUT2D eigenvalue weighted by atomic mass is 9.64. The normalized spacial score (nSPS) is 26.4. The molecule has 2 rings (SSSR count). The molecule has 2 atom stereocenters. The lowest BCUT2D eigenvalue weighted by Gasteiger charge is -2.51. The van der Waals surface area contributed by atoms with Gasteiger partial charge >= 0.3 is 0 Å². The molecule has 1 aliphatic rings. The molecule has 17 heavy (non-hydrogen) atoms. The van der Waals surface area contributed by atoms with Gasteiger partial charge in [-0.25, -0.2) is 0 Å². The van der Waals surface area contributed by atoms with Gasteiger partial charge in [-0.05, 0) is 31.2 Å². The van der Waals surface area contributed by atoms with Crippen LogP contribution in [0, 0.1) is 5.41 Å². The van der Waals surface area contributed by atoms with Gasteiger partial charge in [0.15, 0.2) is 0 Å². The van der Waals surface area contributed by atoms with Gasteiger partial charge < -0.3 is 10.1 Å². The smallest absolute Gasteiger partial charge is 0.119 e. The summed E-state index contributed by atoms with van der Waals surface area (Å²) in [5.41, 5.74) is 1.58. The third kappa shape index (κ3) is 2.32. The highest BCUT2D eigenvalue weighted by Crippen LogP contribution is 2.42. The monoisotopic (exact) mass is 233 g/mol. The van der Waals surface area contributed by atoms with Crippen molar-refractivity contribution in [3.05, 3.63) is 29.8 Å². The van der Waals surface area contributed by atoms with Crippen molar-refractivity contribution in [3.63, 3.8) is 0 Å². The molecular weight excluding hydrogens is 210 g/mol. The van der Waals surface area contributed by atoms with Crippen molar-refractivity contribution in [2.75, 3.05) is 7.05 Å². The quantitative estimate of drug-likeness (QED) is 0.863. The Kier molecular flexibility index (Phi) is 3.43. The van der Waals surface area contributed by atoms with E-state index in [0.717, 1.165) is 18.6 Å². The molecule has 1 N–H and O–H groups in total. The number of hydrogen-bond donors (Lipinski definition) is 1. The van der Waals surface area contributed by atoms with Crippen LogP contribution in [-0.4, -0.2) is 19.2 Å². The number of ether oxygens (including phenoxy) is 1. The summed E-state index contributed by atoms with van der Waals surface area (Å²) in [4.78, 5) is 0. The summed E-state index contributed by atoms with van der Waals surface area (Å²) in [6.07, 6.45) is 2.50. The van der Waals surface area contributed by atoms with E-state index in [1.54, 1.807) is 0 Å². The summed E-state index contributed by atoms with van der Waals surface area (Å²) < 4.78 is 6.06. The topological polar surface area (TPSA) is 21.3 Å².